The van der Waals surface area contributed by atoms with Crippen molar-refractivity contribution in [2.75, 3.05) is 13.3 Å². The minimum absolute atomic E-state index is 0.0119. The first-order valence-corrected chi connectivity index (χ1v) is 10.5. The number of benzene rings is 2. The van der Waals surface area contributed by atoms with Crippen LogP contribution >= 0.6 is 11.3 Å². The smallest absolute Gasteiger partial charge is 0.234 e. The van der Waals surface area contributed by atoms with E-state index in [4.69, 9.17) is 9.47 Å². The number of ether oxygens (including phenoxy) is 2. The molecule has 0 fully saturated rings. The van der Waals surface area contributed by atoms with Crippen LogP contribution in [-0.2, 0) is 4.79 Å². The van der Waals surface area contributed by atoms with Gasteiger partial charge in [0.25, 0.3) is 0 Å². The summed E-state index contributed by atoms with van der Waals surface area (Å²) in [4.78, 5) is 13.8. The number of amides is 1. The third-order valence-electron chi connectivity index (χ3n) is 4.98. The molecule has 0 aliphatic carbocycles. The van der Waals surface area contributed by atoms with Gasteiger partial charge in [-0.15, -0.1) is 11.3 Å². The molecule has 5 nitrogen and oxygen atoms in total. The minimum atomic E-state index is -0.127. The van der Waals surface area contributed by atoms with Crippen LogP contribution in [0.25, 0.3) is 0 Å². The van der Waals surface area contributed by atoms with Crippen molar-refractivity contribution in [1.29, 1.82) is 0 Å². The van der Waals surface area contributed by atoms with Gasteiger partial charge in [0.15, 0.2) is 11.5 Å². The Morgan fingerprint density at radius 3 is 2.59 bits per heavy atom. The number of fused-ring (bicyclic) bond motifs is 1. The van der Waals surface area contributed by atoms with Crippen LogP contribution in [0.4, 0.5) is 0 Å². The fraction of sp³-hybridized carbons (Fsp3) is 0.261. The molecule has 0 radical (unpaired) electrons. The molecule has 1 amide bonds. The minimum Gasteiger partial charge on any atom is -0.454 e. The fourth-order valence-electron chi connectivity index (χ4n) is 3.35. The van der Waals surface area contributed by atoms with E-state index in [-0.39, 0.29) is 31.3 Å². The van der Waals surface area contributed by atoms with E-state index in [9.17, 15) is 4.79 Å². The number of nitrogens with one attached hydrogen (secondary N) is 2. The summed E-state index contributed by atoms with van der Waals surface area (Å²) in [6.45, 7) is 4.51. The lowest BCUT2D eigenvalue weighted by molar-refractivity contribution is -0.121. The van der Waals surface area contributed by atoms with Gasteiger partial charge in [0, 0.05) is 4.88 Å². The van der Waals surface area contributed by atoms with Crippen molar-refractivity contribution in [3.05, 3.63) is 81.5 Å². The van der Waals surface area contributed by atoms with E-state index in [1.54, 1.807) is 11.3 Å². The molecule has 2 aromatic carbocycles. The monoisotopic (exact) mass is 408 g/mol. The SMILES string of the molecule is Cc1ccc([C@@H](NCC(=O)N[C@H](C)c2ccc3c(c2)OCO3)c2cccs2)cc1. The maximum absolute atomic E-state index is 12.6. The molecule has 1 aliphatic heterocycles. The van der Waals surface area contributed by atoms with Crippen molar-refractivity contribution in [1.82, 2.24) is 10.6 Å². The van der Waals surface area contributed by atoms with Gasteiger partial charge in [-0.05, 0) is 48.6 Å². The molecule has 0 saturated heterocycles. The van der Waals surface area contributed by atoms with Crippen molar-refractivity contribution in [2.45, 2.75) is 25.9 Å². The summed E-state index contributed by atoms with van der Waals surface area (Å²) in [5.41, 5.74) is 3.35. The first-order chi connectivity index (χ1) is 14.1. The molecule has 29 heavy (non-hydrogen) atoms. The molecule has 1 aromatic heterocycles. The largest absolute Gasteiger partial charge is 0.454 e. The number of aryl methyl sites for hydroxylation is 1. The second kappa shape index (κ2) is 8.68. The summed E-state index contributed by atoms with van der Waals surface area (Å²) in [6, 6.07) is 18.1. The van der Waals surface area contributed by atoms with E-state index < -0.39 is 0 Å². The first kappa shape index (κ1) is 19.5. The third-order valence-corrected chi connectivity index (χ3v) is 5.92. The van der Waals surface area contributed by atoms with Gasteiger partial charge >= 0.3 is 0 Å². The Bertz CT molecular complexity index is 970. The van der Waals surface area contributed by atoms with E-state index in [1.807, 2.05) is 31.2 Å². The van der Waals surface area contributed by atoms with Crippen molar-refractivity contribution >= 4 is 17.2 Å². The predicted octanol–water partition coefficient (Wildman–Crippen LogP) is 4.34. The highest BCUT2D eigenvalue weighted by Crippen LogP contribution is 2.34. The van der Waals surface area contributed by atoms with Crippen LogP contribution < -0.4 is 20.1 Å². The first-order valence-electron chi connectivity index (χ1n) is 9.62. The van der Waals surface area contributed by atoms with E-state index in [0.29, 0.717) is 0 Å². The number of rotatable bonds is 7. The van der Waals surface area contributed by atoms with Crippen LogP contribution in [0.5, 0.6) is 11.5 Å². The van der Waals surface area contributed by atoms with Gasteiger partial charge in [-0.1, -0.05) is 42.0 Å². The molecule has 4 rings (SSSR count). The Labute approximate surface area is 174 Å². The van der Waals surface area contributed by atoms with Gasteiger partial charge in [0.05, 0.1) is 18.6 Å². The molecular weight excluding hydrogens is 384 g/mol. The van der Waals surface area contributed by atoms with E-state index in [1.165, 1.54) is 10.4 Å². The quantitative estimate of drug-likeness (QED) is 0.611. The van der Waals surface area contributed by atoms with Crippen LogP contribution in [0.2, 0.25) is 0 Å². The van der Waals surface area contributed by atoms with Gasteiger partial charge in [-0.25, -0.2) is 0 Å². The average Bonchev–Trinajstić information content (AvgIpc) is 3.40. The molecular formula is C23H24N2O3S. The highest BCUT2D eigenvalue weighted by molar-refractivity contribution is 7.10. The molecule has 0 spiro atoms. The van der Waals surface area contributed by atoms with E-state index >= 15 is 0 Å². The van der Waals surface area contributed by atoms with Gasteiger partial charge in [-0.3, -0.25) is 10.1 Å². The zero-order chi connectivity index (χ0) is 20.2. The van der Waals surface area contributed by atoms with Crippen molar-refractivity contribution in [3.63, 3.8) is 0 Å². The van der Waals surface area contributed by atoms with Crippen molar-refractivity contribution < 1.29 is 14.3 Å². The summed E-state index contributed by atoms with van der Waals surface area (Å²) < 4.78 is 10.8. The normalized spacial score (nSPS) is 14.4. The molecule has 0 saturated carbocycles. The highest BCUT2D eigenvalue weighted by atomic mass is 32.1. The van der Waals surface area contributed by atoms with E-state index in [2.05, 4.69) is 53.3 Å². The van der Waals surface area contributed by atoms with Crippen LogP contribution in [0.15, 0.2) is 60.0 Å². The van der Waals surface area contributed by atoms with Gasteiger partial charge < -0.3 is 14.8 Å². The molecule has 0 bridgehead atoms. The van der Waals surface area contributed by atoms with Crippen molar-refractivity contribution in [2.24, 2.45) is 0 Å². The van der Waals surface area contributed by atoms with Crippen LogP contribution in [0.1, 0.15) is 40.6 Å². The topological polar surface area (TPSA) is 59.6 Å². The molecule has 150 valence electrons. The molecule has 1 aliphatic rings. The molecule has 2 heterocycles. The van der Waals surface area contributed by atoms with Gasteiger partial charge in [0.2, 0.25) is 12.7 Å². The van der Waals surface area contributed by atoms with Crippen LogP contribution in [0, 0.1) is 6.92 Å². The van der Waals surface area contributed by atoms with Gasteiger partial charge in [-0.2, -0.15) is 0 Å². The average molecular weight is 409 g/mol. The summed E-state index contributed by atoms with van der Waals surface area (Å²) in [5.74, 6) is 1.41. The van der Waals surface area contributed by atoms with Gasteiger partial charge in [0.1, 0.15) is 0 Å². The maximum Gasteiger partial charge on any atom is 0.234 e. The number of carbonyl (C=O) groups excluding carboxylic acids is 1. The maximum atomic E-state index is 12.6. The lowest BCUT2D eigenvalue weighted by Crippen LogP contribution is -2.37. The summed E-state index contributed by atoms with van der Waals surface area (Å²) in [6.07, 6.45) is 0. The summed E-state index contributed by atoms with van der Waals surface area (Å²) >= 11 is 1.68. The standard InChI is InChI=1S/C23H24N2O3S/c1-15-5-7-17(8-6-15)23(21-4-3-11-29-21)24-13-22(26)25-16(2)18-9-10-19-20(12-18)28-14-27-19/h3-12,16,23-24H,13-14H2,1-2H3,(H,25,26)/t16-,23-/m1/s1. The second-order valence-electron chi connectivity index (χ2n) is 7.14. The lowest BCUT2D eigenvalue weighted by atomic mass is 10.0. The van der Waals surface area contributed by atoms with Crippen LogP contribution in [0.3, 0.4) is 0 Å². The lowest BCUT2D eigenvalue weighted by Gasteiger charge is -2.20. The zero-order valence-corrected chi connectivity index (χ0v) is 17.3. The zero-order valence-electron chi connectivity index (χ0n) is 16.5. The Morgan fingerprint density at radius 2 is 1.83 bits per heavy atom. The van der Waals surface area contributed by atoms with Crippen molar-refractivity contribution in [3.8, 4) is 11.5 Å². The number of hydrogen-bond acceptors (Lipinski definition) is 5. The molecule has 2 N–H and O–H groups in total. The second-order valence-corrected chi connectivity index (χ2v) is 8.12. The summed E-state index contributed by atoms with van der Waals surface area (Å²) in [5, 5.41) is 8.52. The fourth-order valence-corrected chi connectivity index (χ4v) is 4.18. The predicted molar refractivity (Wildman–Crippen MR) is 114 cm³/mol. The Kier molecular flexibility index (Phi) is 5.83. The molecule has 6 heteroatoms. The van der Waals surface area contributed by atoms with E-state index in [0.717, 1.165) is 22.6 Å². The number of hydrogen-bond donors (Lipinski definition) is 2. The number of thiophene rings is 1. The number of carbonyl (C=O) groups is 1. The molecule has 2 atom stereocenters. The molecule has 3 aromatic rings. The Hall–Kier alpha value is -2.83. The highest BCUT2D eigenvalue weighted by Gasteiger charge is 2.19. The molecule has 0 unspecified atom stereocenters. The van der Waals surface area contributed by atoms with Crippen LogP contribution in [-0.4, -0.2) is 19.2 Å². The Balaban J connectivity index is 1.39. The Morgan fingerprint density at radius 1 is 1.07 bits per heavy atom. The summed E-state index contributed by atoms with van der Waals surface area (Å²) in [7, 11) is 0. The third kappa shape index (κ3) is 4.60.